The zero-order valence-electron chi connectivity index (χ0n) is 10.2. The van der Waals surface area contributed by atoms with Crippen molar-refractivity contribution in [3.63, 3.8) is 0 Å². The molecule has 0 unspecified atom stereocenters. The van der Waals surface area contributed by atoms with Crippen LogP contribution < -0.4 is 16.0 Å². The van der Waals surface area contributed by atoms with Crippen molar-refractivity contribution in [3.8, 4) is 0 Å². The molecule has 1 fully saturated rings. The Kier molecular flexibility index (Phi) is 2.70. The summed E-state index contributed by atoms with van der Waals surface area (Å²) in [6.45, 7) is 1.60. The highest BCUT2D eigenvalue weighted by Crippen LogP contribution is 2.47. The predicted molar refractivity (Wildman–Crippen MR) is 65.8 cm³/mol. The lowest BCUT2D eigenvalue weighted by molar-refractivity contribution is 0.235. The Labute approximate surface area is 105 Å². The fraction of sp³-hybridized carbons (Fsp3) is 0.462. The molecule has 1 aliphatic heterocycles. The second kappa shape index (κ2) is 4.24. The lowest BCUT2D eigenvalue weighted by Crippen LogP contribution is -2.38. The van der Waals surface area contributed by atoms with E-state index in [1.807, 2.05) is 6.07 Å². The number of hydrogen-bond acceptors (Lipinski definition) is 2. The maximum atomic E-state index is 14.0. The van der Waals surface area contributed by atoms with E-state index in [1.165, 1.54) is 6.07 Å². The number of halogens is 1. The Morgan fingerprint density at radius 2 is 2.28 bits per heavy atom. The Morgan fingerprint density at radius 3 is 3.06 bits per heavy atom. The van der Waals surface area contributed by atoms with Gasteiger partial charge >= 0.3 is 6.03 Å². The molecule has 3 rings (SSSR count). The van der Waals surface area contributed by atoms with Crippen molar-refractivity contribution in [1.82, 2.24) is 16.0 Å². The molecule has 1 aliphatic carbocycles. The molecule has 3 atom stereocenters. The van der Waals surface area contributed by atoms with Gasteiger partial charge in [0.2, 0.25) is 0 Å². The third-order valence-corrected chi connectivity index (χ3v) is 4.00. The van der Waals surface area contributed by atoms with Crippen LogP contribution in [-0.2, 0) is 0 Å². The summed E-state index contributed by atoms with van der Waals surface area (Å²) in [6, 6.07) is 4.80. The minimum Gasteiger partial charge on any atom is -0.341 e. The number of carbonyl (C=O) groups excluding carboxylic acids is 1. The monoisotopic (exact) mass is 249 g/mol. The van der Waals surface area contributed by atoms with Gasteiger partial charge in [-0.3, -0.25) is 0 Å². The summed E-state index contributed by atoms with van der Waals surface area (Å²) in [4.78, 5) is 11.5. The van der Waals surface area contributed by atoms with Gasteiger partial charge in [0.05, 0.1) is 6.04 Å². The molecule has 18 heavy (non-hydrogen) atoms. The SMILES string of the molecule is CNC(=O)N[C@H]1c2cccc(F)c2[C@H]2CNC[C@H]21. The van der Waals surface area contributed by atoms with Gasteiger partial charge in [-0.1, -0.05) is 12.1 Å². The van der Waals surface area contributed by atoms with E-state index in [-0.39, 0.29) is 29.7 Å². The van der Waals surface area contributed by atoms with Gasteiger partial charge in [-0.25, -0.2) is 9.18 Å². The molecule has 2 aliphatic rings. The first-order valence-electron chi connectivity index (χ1n) is 6.19. The Balaban J connectivity index is 2.00. The number of fused-ring (bicyclic) bond motifs is 3. The lowest BCUT2D eigenvalue weighted by atomic mass is 9.94. The summed E-state index contributed by atoms with van der Waals surface area (Å²) in [5.74, 6) is 0.255. The molecule has 1 aromatic carbocycles. The number of carbonyl (C=O) groups is 1. The van der Waals surface area contributed by atoms with Crippen molar-refractivity contribution in [1.29, 1.82) is 0 Å². The number of rotatable bonds is 1. The van der Waals surface area contributed by atoms with Gasteiger partial charge in [0, 0.05) is 32.0 Å². The zero-order chi connectivity index (χ0) is 12.7. The van der Waals surface area contributed by atoms with E-state index in [9.17, 15) is 9.18 Å². The number of benzene rings is 1. The van der Waals surface area contributed by atoms with Crippen LogP contribution in [0.25, 0.3) is 0 Å². The fourth-order valence-corrected chi connectivity index (χ4v) is 3.21. The highest BCUT2D eigenvalue weighted by atomic mass is 19.1. The Morgan fingerprint density at radius 1 is 1.44 bits per heavy atom. The molecule has 0 radical (unpaired) electrons. The molecule has 0 saturated carbocycles. The van der Waals surface area contributed by atoms with Crippen LogP contribution in [0.5, 0.6) is 0 Å². The van der Waals surface area contributed by atoms with E-state index in [1.54, 1.807) is 13.1 Å². The van der Waals surface area contributed by atoms with Crippen molar-refractivity contribution in [2.75, 3.05) is 20.1 Å². The first-order chi connectivity index (χ1) is 8.72. The molecule has 4 nitrogen and oxygen atoms in total. The third-order valence-electron chi connectivity index (χ3n) is 4.00. The molecule has 0 aromatic heterocycles. The van der Waals surface area contributed by atoms with Crippen LogP contribution >= 0.6 is 0 Å². The number of amides is 2. The van der Waals surface area contributed by atoms with Gasteiger partial charge in [-0.2, -0.15) is 0 Å². The molecule has 3 N–H and O–H groups in total. The first-order valence-corrected chi connectivity index (χ1v) is 6.19. The van der Waals surface area contributed by atoms with E-state index >= 15 is 0 Å². The molecule has 2 amide bonds. The van der Waals surface area contributed by atoms with Crippen LogP contribution in [0.15, 0.2) is 18.2 Å². The summed E-state index contributed by atoms with van der Waals surface area (Å²) in [7, 11) is 1.58. The highest BCUT2D eigenvalue weighted by molar-refractivity contribution is 5.74. The quantitative estimate of drug-likeness (QED) is 0.698. The highest BCUT2D eigenvalue weighted by Gasteiger charge is 2.45. The number of nitrogens with one attached hydrogen (secondary N) is 3. The smallest absolute Gasteiger partial charge is 0.315 e. The van der Waals surface area contributed by atoms with Crippen LogP contribution in [-0.4, -0.2) is 26.2 Å². The van der Waals surface area contributed by atoms with Crippen molar-refractivity contribution in [2.24, 2.45) is 5.92 Å². The van der Waals surface area contributed by atoms with E-state index in [4.69, 9.17) is 0 Å². The second-order valence-electron chi connectivity index (χ2n) is 4.87. The first kappa shape index (κ1) is 11.5. The van der Waals surface area contributed by atoms with Gasteiger partial charge in [0.1, 0.15) is 5.82 Å². The second-order valence-corrected chi connectivity index (χ2v) is 4.87. The fourth-order valence-electron chi connectivity index (χ4n) is 3.21. The number of urea groups is 1. The van der Waals surface area contributed by atoms with Crippen LogP contribution in [0.3, 0.4) is 0 Å². The molecular weight excluding hydrogens is 233 g/mol. The van der Waals surface area contributed by atoms with Crippen LogP contribution in [0.1, 0.15) is 23.1 Å². The maximum Gasteiger partial charge on any atom is 0.315 e. The van der Waals surface area contributed by atoms with Gasteiger partial charge in [-0.15, -0.1) is 0 Å². The van der Waals surface area contributed by atoms with Gasteiger partial charge in [0.15, 0.2) is 0 Å². The van der Waals surface area contributed by atoms with E-state index in [2.05, 4.69) is 16.0 Å². The van der Waals surface area contributed by atoms with Crippen molar-refractivity contribution in [3.05, 3.63) is 35.1 Å². The molecule has 5 heteroatoms. The average molecular weight is 249 g/mol. The zero-order valence-corrected chi connectivity index (χ0v) is 10.2. The molecule has 0 spiro atoms. The molecule has 0 bridgehead atoms. The summed E-state index contributed by atoms with van der Waals surface area (Å²) < 4.78 is 14.0. The van der Waals surface area contributed by atoms with Crippen LogP contribution in [0.2, 0.25) is 0 Å². The minimum atomic E-state index is -0.220. The number of hydrogen-bond donors (Lipinski definition) is 3. The van der Waals surface area contributed by atoms with Crippen molar-refractivity contribution < 1.29 is 9.18 Å². The topological polar surface area (TPSA) is 53.2 Å². The normalized spacial score (nSPS) is 28.7. The third kappa shape index (κ3) is 1.58. The maximum absolute atomic E-state index is 14.0. The summed E-state index contributed by atoms with van der Waals surface area (Å²) in [5, 5.41) is 8.75. The van der Waals surface area contributed by atoms with Crippen LogP contribution in [0.4, 0.5) is 9.18 Å². The average Bonchev–Trinajstić information content (AvgIpc) is 2.92. The summed E-state index contributed by atoms with van der Waals surface area (Å²) in [5.41, 5.74) is 1.70. The molecule has 1 heterocycles. The van der Waals surface area contributed by atoms with E-state index < -0.39 is 0 Å². The van der Waals surface area contributed by atoms with E-state index in [0.29, 0.717) is 0 Å². The largest absolute Gasteiger partial charge is 0.341 e. The lowest BCUT2D eigenvalue weighted by Gasteiger charge is -2.20. The van der Waals surface area contributed by atoms with Gasteiger partial charge < -0.3 is 16.0 Å². The van der Waals surface area contributed by atoms with Crippen molar-refractivity contribution >= 4 is 6.03 Å². The molecular formula is C13H16FN3O. The molecule has 1 aromatic rings. The predicted octanol–water partition coefficient (Wildman–Crippen LogP) is 1.11. The summed E-state index contributed by atoms with van der Waals surface area (Å²) in [6.07, 6.45) is 0. The molecule has 96 valence electrons. The van der Waals surface area contributed by atoms with Crippen molar-refractivity contribution in [2.45, 2.75) is 12.0 Å². The van der Waals surface area contributed by atoms with Crippen LogP contribution in [0, 0.1) is 11.7 Å². The van der Waals surface area contributed by atoms with E-state index in [0.717, 1.165) is 24.2 Å². The van der Waals surface area contributed by atoms with Gasteiger partial charge in [-0.05, 0) is 17.2 Å². The standard InChI is InChI=1S/C13H16FN3O/c1-15-13(18)17-12-7-3-2-4-10(14)11(7)8-5-16-6-9(8)12/h2-4,8-9,12,16H,5-6H2,1H3,(H2,15,17,18)/t8-,9+,12-/m0/s1. The Bertz CT molecular complexity index is 491. The van der Waals surface area contributed by atoms with Gasteiger partial charge in [0.25, 0.3) is 0 Å². The summed E-state index contributed by atoms with van der Waals surface area (Å²) >= 11 is 0. The minimum absolute atomic E-state index is 0.101. The Hall–Kier alpha value is -1.62. The molecule has 1 saturated heterocycles.